The molecular weight excluding hydrogens is 442 g/mol. The summed E-state index contributed by atoms with van der Waals surface area (Å²) in [5.74, 6) is 0.527. The second-order valence-electron chi connectivity index (χ2n) is 8.65. The van der Waals surface area contributed by atoms with Gasteiger partial charge in [-0.1, -0.05) is 54.6 Å². The Morgan fingerprint density at radius 1 is 0.971 bits per heavy atom. The second-order valence-corrected chi connectivity index (χ2v) is 9.59. The summed E-state index contributed by atoms with van der Waals surface area (Å²) in [6, 6.07) is 19.5. The lowest BCUT2D eigenvalue weighted by atomic mass is 10.1. The maximum atomic E-state index is 13.7. The summed E-state index contributed by atoms with van der Waals surface area (Å²) in [6.07, 6.45) is 0.859. The van der Waals surface area contributed by atoms with Crippen LogP contribution in [0.3, 0.4) is 0 Å². The molecule has 0 atom stereocenters. The number of thioether (sulfide) groups is 1. The van der Waals surface area contributed by atoms with Crippen molar-refractivity contribution in [2.24, 2.45) is 0 Å². The van der Waals surface area contributed by atoms with Gasteiger partial charge in [-0.25, -0.2) is 4.98 Å². The van der Waals surface area contributed by atoms with Gasteiger partial charge in [0.1, 0.15) is 0 Å². The van der Waals surface area contributed by atoms with Crippen molar-refractivity contribution < 1.29 is 4.79 Å². The number of aromatic nitrogens is 2. The summed E-state index contributed by atoms with van der Waals surface area (Å²) >= 11 is 1.52. The van der Waals surface area contributed by atoms with E-state index in [0.29, 0.717) is 33.9 Å². The van der Waals surface area contributed by atoms with Crippen LogP contribution in [0.1, 0.15) is 46.0 Å². The Morgan fingerprint density at radius 2 is 1.74 bits per heavy atom. The van der Waals surface area contributed by atoms with Crippen molar-refractivity contribution >= 4 is 28.6 Å². The average molecular weight is 472 g/mol. The first-order valence-corrected chi connectivity index (χ1v) is 12.5. The van der Waals surface area contributed by atoms with E-state index >= 15 is 0 Å². The summed E-state index contributed by atoms with van der Waals surface area (Å²) < 4.78 is 1.69. The lowest BCUT2D eigenvalue weighted by Gasteiger charge is -2.15. The molecular formula is C28H29N3O2S. The van der Waals surface area contributed by atoms with E-state index in [1.807, 2.05) is 39.0 Å². The predicted octanol–water partition coefficient (Wildman–Crippen LogP) is 5.74. The highest BCUT2D eigenvalue weighted by atomic mass is 32.2. The van der Waals surface area contributed by atoms with Gasteiger partial charge < -0.3 is 5.32 Å². The lowest BCUT2D eigenvalue weighted by Crippen LogP contribution is -2.25. The van der Waals surface area contributed by atoms with Crippen molar-refractivity contribution in [2.75, 3.05) is 6.54 Å². The third kappa shape index (κ3) is 5.23. The third-order valence-corrected chi connectivity index (χ3v) is 6.56. The Hall–Kier alpha value is -3.38. The fourth-order valence-electron chi connectivity index (χ4n) is 4.00. The fourth-order valence-corrected chi connectivity index (χ4v) is 4.96. The number of hydrogen-bond acceptors (Lipinski definition) is 4. The van der Waals surface area contributed by atoms with Gasteiger partial charge in [0.25, 0.3) is 11.5 Å². The molecule has 1 N–H and O–H groups in total. The quantitative estimate of drug-likeness (QED) is 0.276. The standard InChI is InChI=1S/C28H29N3O2S/c1-5-11-29-26(32)22-9-10-24-25(16-22)30-28(34-17-21-8-6-7-18(2)13-21)31(27(24)33)23-14-19(3)12-20(4)15-23/h6-10,12-16H,5,11,17H2,1-4H3,(H,29,32). The van der Waals surface area contributed by atoms with Crippen LogP contribution in [-0.4, -0.2) is 22.0 Å². The van der Waals surface area contributed by atoms with Gasteiger partial charge in [-0.15, -0.1) is 0 Å². The fraction of sp³-hybridized carbons (Fsp3) is 0.250. The molecule has 1 aromatic heterocycles. The van der Waals surface area contributed by atoms with Crippen LogP contribution in [0.2, 0.25) is 0 Å². The Kier molecular flexibility index (Phi) is 7.17. The van der Waals surface area contributed by atoms with Crippen LogP contribution in [0.25, 0.3) is 16.6 Å². The van der Waals surface area contributed by atoms with Crippen LogP contribution >= 0.6 is 11.8 Å². The third-order valence-electron chi connectivity index (χ3n) is 5.55. The molecule has 1 heterocycles. The highest BCUT2D eigenvalue weighted by Crippen LogP contribution is 2.26. The minimum absolute atomic E-state index is 0.137. The van der Waals surface area contributed by atoms with Gasteiger partial charge in [0.2, 0.25) is 0 Å². The van der Waals surface area contributed by atoms with E-state index in [1.54, 1.807) is 22.8 Å². The number of benzene rings is 3. The molecule has 0 aliphatic heterocycles. The minimum Gasteiger partial charge on any atom is -0.352 e. The summed E-state index contributed by atoms with van der Waals surface area (Å²) in [5, 5.41) is 3.99. The van der Waals surface area contributed by atoms with Gasteiger partial charge in [-0.3, -0.25) is 14.2 Å². The van der Waals surface area contributed by atoms with Gasteiger partial charge in [-0.2, -0.15) is 0 Å². The number of fused-ring (bicyclic) bond motifs is 1. The molecule has 0 unspecified atom stereocenters. The van der Waals surface area contributed by atoms with Crippen molar-refractivity contribution in [2.45, 2.75) is 45.0 Å². The van der Waals surface area contributed by atoms with Crippen LogP contribution in [0, 0.1) is 20.8 Å². The first-order chi connectivity index (χ1) is 16.4. The first-order valence-electron chi connectivity index (χ1n) is 11.5. The minimum atomic E-state index is -0.155. The highest BCUT2D eigenvalue weighted by molar-refractivity contribution is 7.98. The average Bonchev–Trinajstić information content (AvgIpc) is 2.80. The Balaban J connectivity index is 1.84. The highest BCUT2D eigenvalue weighted by Gasteiger charge is 2.16. The smallest absolute Gasteiger partial charge is 0.266 e. The zero-order valence-electron chi connectivity index (χ0n) is 20.0. The van der Waals surface area contributed by atoms with Crippen molar-refractivity contribution in [3.8, 4) is 5.69 Å². The van der Waals surface area contributed by atoms with E-state index in [-0.39, 0.29) is 11.5 Å². The van der Waals surface area contributed by atoms with E-state index in [9.17, 15) is 9.59 Å². The number of amides is 1. The first kappa shape index (κ1) is 23.8. The van der Waals surface area contributed by atoms with Gasteiger partial charge in [-0.05, 0) is 74.2 Å². The largest absolute Gasteiger partial charge is 0.352 e. The molecule has 0 aliphatic rings. The molecule has 0 fully saturated rings. The van der Waals surface area contributed by atoms with Crippen molar-refractivity contribution in [1.82, 2.24) is 14.9 Å². The van der Waals surface area contributed by atoms with Gasteiger partial charge >= 0.3 is 0 Å². The van der Waals surface area contributed by atoms with E-state index in [0.717, 1.165) is 23.2 Å². The van der Waals surface area contributed by atoms with Gasteiger partial charge in [0.05, 0.1) is 16.6 Å². The molecule has 0 radical (unpaired) electrons. The Morgan fingerprint density at radius 3 is 2.44 bits per heavy atom. The van der Waals surface area contributed by atoms with Crippen molar-refractivity contribution in [1.29, 1.82) is 0 Å². The van der Waals surface area contributed by atoms with Crippen LogP contribution in [-0.2, 0) is 5.75 Å². The van der Waals surface area contributed by atoms with Crippen molar-refractivity contribution in [3.63, 3.8) is 0 Å². The van der Waals surface area contributed by atoms with Gasteiger partial charge in [0.15, 0.2) is 5.16 Å². The number of aryl methyl sites for hydroxylation is 3. The zero-order valence-corrected chi connectivity index (χ0v) is 20.8. The van der Waals surface area contributed by atoms with Crippen LogP contribution in [0.15, 0.2) is 70.6 Å². The Labute approximate surface area is 204 Å². The lowest BCUT2D eigenvalue weighted by molar-refractivity contribution is 0.0954. The molecule has 0 saturated carbocycles. The maximum absolute atomic E-state index is 13.7. The summed E-state index contributed by atoms with van der Waals surface area (Å²) in [7, 11) is 0. The predicted molar refractivity (Wildman–Crippen MR) is 140 cm³/mol. The number of nitrogens with one attached hydrogen (secondary N) is 1. The molecule has 0 spiro atoms. The molecule has 0 aliphatic carbocycles. The molecule has 34 heavy (non-hydrogen) atoms. The number of carbonyl (C=O) groups excluding carboxylic acids is 1. The molecule has 5 nitrogen and oxygen atoms in total. The monoisotopic (exact) mass is 471 g/mol. The molecule has 6 heteroatoms. The maximum Gasteiger partial charge on any atom is 0.266 e. The normalized spacial score (nSPS) is 11.1. The van der Waals surface area contributed by atoms with Crippen LogP contribution < -0.4 is 10.9 Å². The van der Waals surface area contributed by atoms with E-state index in [4.69, 9.17) is 4.98 Å². The molecule has 174 valence electrons. The number of rotatable bonds is 7. The van der Waals surface area contributed by atoms with Gasteiger partial charge in [0, 0.05) is 17.9 Å². The van der Waals surface area contributed by atoms with Crippen LogP contribution in [0.5, 0.6) is 0 Å². The SMILES string of the molecule is CCCNC(=O)c1ccc2c(=O)n(-c3cc(C)cc(C)c3)c(SCc3cccc(C)c3)nc2c1. The van der Waals surface area contributed by atoms with Crippen LogP contribution in [0.4, 0.5) is 0 Å². The van der Waals surface area contributed by atoms with E-state index in [1.165, 1.54) is 22.9 Å². The zero-order chi connectivity index (χ0) is 24.2. The number of nitrogens with zero attached hydrogens (tertiary/aromatic N) is 2. The second kappa shape index (κ2) is 10.3. The molecule has 4 rings (SSSR count). The summed E-state index contributed by atoms with van der Waals surface area (Å²) in [4.78, 5) is 31.1. The molecule has 0 bridgehead atoms. The van der Waals surface area contributed by atoms with E-state index < -0.39 is 0 Å². The van der Waals surface area contributed by atoms with Crippen molar-refractivity contribution in [3.05, 3.63) is 98.8 Å². The number of carbonyl (C=O) groups is 1. The van der Waals surface area contributed by atoms with E-state index in [2.05, 4.69) is 36.5 Å². The molecule has 4 aromatic rings. The Bertz CT molecular complexity index is 1410. The number of hydrogen-bond donors (Lipinski definition) is 1. The summed E-state index contributed by atoms with van der Waals surface area (Å²) in [5.41, 5.74) is 6.22. The molecule has 1 amide bonds. The topological polar surface area (TPSA) is 64.0 Å². The molecule has 3 aromatic carbocycles. The molecule has 0 saturated heterocycles. The summed E-state index contributed by atoms with van der Waals surface area (Å²) in [6.45, 7) is 8.73.